The monoisotopic (exact) mass is 404 g/mol. The smallest absolute Gasteiger partial charge is 0.236 e. The summed E-state index contributed by atoms with van der Waals surface area (Å²) in [6.45, 7) is 7.07. The summed E-state index contributed by atoms with van der Waals surface area (Å²) in [5, 5.41) is 0.0222. The lowest BCUT2D eigenvalue weighted by Gasteiger charge is -2.27. The summed E-state index contributed by atoms with van der Waals surface area (Å²) >= 11 is 5.20. The number of carbonyl (C=O) groups excluding carboxylic acids is 1. The molecular formula is C19H21BrN2OS. The van der Waals surface area contributed by atoms with Gasteiger partial charge in [-0.1, -0.05) is 41.9 Å². The normalized spacial score (nSPS) is 20.9. The van der Waals surface area contributed by atoms with Crippen molar-refractivity contribution in [3.63, 3.8) is 0 Å². The van der Waals surface area contributed by atoms with Gasteiger partial charge in [-0.25, -0.2) is 0 Å². The van der Waals surface area contributed by atoms with E-state index >= 15 is 0 Å². The topological polar surface area (TPSA) is 33.2 Å². The van der Waals surface area contributed by atoms with E-state index in [2.05, 4.69) is 46.9 Å². The first-order valence-corrected chi connectivity index (χ1v) is 9.86. The molecule has 1 saturated heterocycles. The average molecular weight is 405 g/mol. The first kappa shape index (κ1) is 17.5. The molecule has 2 aromatic rings. The lowest BCUT2D eigenvalue weighted by atomic mass is 10.0. The van der Waals surface area contributed by atoms with E-state index in [9.17, 15) is 4.79 Å². The van der Waals surface area contributed by atoms with Crippen LogP contribution in [-0.2, 0) is 4.79 Å². The minimum atomic E-state index is -0.00766. The Morgan fingerprint density at radius 3 is 2.62 bits per heavy atom. The first-order chi connectivity index (χ1) is 11.5. The van der Waals surface area contributed by atoms with E-state index < -0.39 is 0 Å². The lowest BCUT2D eigenvalue weighted by molar-refractivity contribution is -0.130. The van der Waals surface area contributed by atoms with Gasteiger partial charge < -0.3 is 4.90 Å². The Labute approximate surface area is 156 Å². The van der Waals surface area contributed by atoms with Crippen molar-refractivity contribution in [1.82, 2.24) is 9.88 Å². The van der Waals surface area contributed by atoms with Crippen LogP contribution in [-0.4, -0.2) is 27.6 Å². The molecule has 3 nitrogen and oxygen atoms in total. The maximum Gasteiger partial charge on any atom is 0.236 e. The Hall–Kier alpha value is -1.33. The summed E-state index contributed by atoms with van der Waals surface area (Å²) in [6, 6.07) is 10.3. The highest BCUT2D eigenvalue weighted by Crippen LogP contribution is 2.45. The summed E-state index contributed by atoms with van der Waals surface area (Å²) in [4.78, 5) is 18.9. The van der Waals surface area contributed by atoms with Gasteiger partial charge in [0.2, 0.25) is 5.91 Å². The van der Waals surface area contributed by atoms with Crippen molar-refractivity contribution in [3.05, 3.63) is 52.8 Å². The van der Waals surface area contributed by atoms with E-state index in [1.165, 1.54) is 0 Å². The van der Waals surface area contributed by atoms with Gasteiger partial charge in [0, 0.05) is 29.0 Å². The van der Waals surface area contributed by atoms with Gasteiger partial charge in [0.05, 0.1) is 5.25 Å². The highest BCUT2D eigenvalue weighted by atomic mass is 79.9. The molecule has 1 aromatic carbocycles. The Morgan fingerprint density at radius 2 is 1.96 bits per heavy atom. The fourth-order valence-corrected chi connectivity index (χ4v) is 4.56. The zero-order valence-electron chi connectivity index (χ0n) is 14.1. The molecule has 1 aliphatic rings. The van der Waals surface area contributed by atoms with Crippen LogP contribution in [0, 0.1) is 5.92 Å². The van der Waals surface area contributed by atoms with E-state index in [0.717, 1.165) is 27.7 Å². The van der Waals surface area contributed by atoms with Crippen LogP contribution >= 0.6 is 27.7 Å². The van der Waals surface area contributed by atoms with Crippen LogP contribution in [0.4, 0.5) is 0 Å². The summed E-state index contributed by atoms with van der Waals surface area (Å²) in [6.07, 6.45) is 3.73. The fraction of sp³-hybridized carbons (Fsp3) is 0.368. The van der Waals surface area contributed by atoms with Crippen LogP contribution in [0.1, 0.15) is 31.7 Å². The van der Waals surface area contributed by atoms with Crippen LogP contribution in [0.5, 0.6) is 0 Å². The largest absolute Gasteiger partial charge is 0.325 e. The first-order valence-electron chi connectivity index (χ1n) is 8.13. The van der Waals surface area contributed by atoms with Crippen molar-refractivity contribution >= 4 is 33.6 Å². The molecular weight excluding hydrogens is 384 g/mol. The highest BCUT2D eigenvalue weighted by Gasteiger charge is 2.39. The number of nitrogens with zero attached hydrogens (tertiary/aromatic N) is 2. The van der Waals surface area contributed by atoms with E-state index in [1.54, 1.807) is 11.8 Å². The lowest BCUT2D eigenvalue weighted by Crippen LogP contribution is -2.33. The molecule has 2 heterocycles. The molecule has 2 unspecified atom stereocenters. The van der Waals surface area contributed by atoms with Gasteiger partial charge in [0.15, 0.2) is 0 Å². The molecule has 1 fully saturated rings. The number of rotatable bonds is 4. The van der Waals surface area contributed by atoms with Gasteiger partial charge in [-0.2, -0.15) is 0 Å². The SMILES string of the molecule is CC(C)CN1C(=O)C(C)SC1c1cnccc1-c1ccc(Br)cc1. The van der Waals surface area contributed by atoms with Crippen LogP contribution in [0.15, 0.2) is 47.2 Å². The third-order valence-corrected chi connectivity index (χ3v) is 5.99. The molecule has 24 heavy (non-hydrogen) atoms. The van der Waals surface area contributed by atoms with E-state index in [-0.39, 0.29) is 16.5 Å². The molecule has 0 N–H and O–H groups in total. The fourth-order valence-electron chi connectivity index (χ4n) is 2.99. The zero-order chi connectivity index (χ0) is 17.3. The maximum absolute atomic E-state index is 12.6. The van der Waals surface area contributed by atoms with Crippen LogP contribution in [0.2, 0.25) is 0 Å². The molecule has 1 aliphatic heterocycles. The van der Waals surface area contributed by atoms with Crippen molar-refractivity contribution in [1.29, 1.82) is 0 Å². The second-order valence-electron chi connectivity index (χ2n) is 6.48. The minimum Gasteiger partial charge on any atom is -0.325 e. The van der Waals surface area contributed by atoms with Gasteiger partial charge in [0.25, 0.3) is 0 Å². The molecule has 0 saturated carbocycles. The summed E-state index contributed by atoms with van der Waals surface area (Å²) in [5.74, 6) is 0.666. The van der Waals surface area contributed by atoms with Crippen LogP contribution in [0.3, 0.4) is 0 Å². The zero-order valence-corrected chi connectivity index (χ0v) is 16.5. The molecule has 0 bridgehead atoms. The summed E-state index contributed by atoms with van der Waals surface area (Å²) in [5.41, 5.74) is 3.40. The molecule has 126 valence electrons. The Morgan fingerprint density at radius 1 is 1.25 bits per heavy atom. The highest BCUT2D eigenvalue weighted by molar-refractivity contribution is 9.10. The number of carbonyl (C=O) groups is 1. The van der Waals surface area contributed by atoms with Gasteiger partial charge >= 0.3 is 0 Å². The number of halogens is 1. The standard InChI is InChI=1S/C19H21BrN2OS/c1-12(2)11-22-18(23)13(3)24-19(22)17-10-21-9-8-16(17)14-4-6-15(20)7-5-14/h4-10,12-13,19H,11H2,1-3H3. The molecule has 3 rings (SSSR count). The molecule has 5 heteroatoms. The second kappa shape index (κ2) is 7.28. The number of amides is 1. The quantitative estimate of drug-likeness (QED) is 0.707. The molecule has 0 radical (unpaired) electrons. The summed E-state index contributed by atoms with van der Waals surface area (Å²) in [7, 11) is 0. The van der Waals surface area contributed by atoms with Crippen LogP contribution < -0.4 is 0 Å². The molecule has 0 aliphatic carbocycles. The number of benzene rings is 1. The van der Waals surface area contributed by atoms with Crippen molar-refractivity contribution in [3.8, 4) is 11.1 Å². The van der Waals surface area contributed by atoms with Gasteiger partial charge in [-0.05, 0) is 42.2 Å². The number of thioether (sulfide) groups is 1. The van der Waals surface area contributed by atoms with E-state index in [1.807, 2.05) is 42.4 Å². The van der Waals surface area contributed by atoms with Crippen molar-refractivity contribution < 1.29 is 4.79 Å². The number of hydrogen-bond acceptors (Lipinski definition) is 3. The average Bonchev–Trinajstić information content (AvgIpc) is 2.83. The molecule has 1 amide bonds. The van der Waals surface area contributed by atoms with Gasteiger partial charge in [-0.15, -0.1) is 11.8 Å². The Balaban J connectivity index is 2.02. The molecule has 0 spiro atoms. The van der Waals surface area contributed by atoms with Crippen molar-refractivity contribution in [2.75, 3.05) is 6.54 Å². The van der Waals surface area contributed by atoms with Crippen molar-refractivity contribution in [2.24, 2.45) is 5.92 Å². The number of aromatic nitrogens is 1. The number of hydrogen-bond donors (Lipinski definition) is 0. The predicted octanol–water partition coefficient (Wildman–Crippen LogP) is 5.13. The van der Waals surface area contributed by atoms with Gasteiger partial charge in [-0.3, -0.25) is 9.78 Å². The summed E-state index contributed by atoms with van der Waals surface area (Å²) < 4.78 is 1.06. The third-order valence-electron chi connectivity index (χ3n) is 4.08. The predicted molar refractivity (Wildman–Crippen MR) is 104 cm³/mol. The van der Waals surface area contributed by atoms with Gasteiger partial charge in [0.1, 0.15) is 5.37 Å². The second-order valence-corrected chi connectivity index (χ2v) is 8.83. The minimum absolute atomic E-state index is 0.00766. The Kier molecular flexibility index (Phi) is 5.30. The van der Waals surface area contributed by atoms with Crippen molar-refractivity contribution in [2.45, 2.75) is 31.4 Å². The van der Waals surface area contributed by atoms with E-state index in [4.69, 9.17) is 0 Å². The maximum atomic E-state index is 12.6. The van der Waals surface area contributed by atoms with E-state index in [0.29, 0.717) is 5.92 Å². The molecule has 1 aromatic heterocycles. The number of pyridine rings is 1. The Bertz CT molecular complexity index is 732. The van der Waals surface area contributed by atoms with Crippen LogP contribution in [0.25, 0.3) is 11.1 Å². The third kappa shape index (κ3) is 3.52. The molecule has 2 atom stereocenters.